The smallest absolute Gasteiger partial charge is 0.242 e. The van der Waals surface area contributed by atoms with Crippen molar-refractivity contribution in [3.05, 3.63) is 29.8 Å². The van der Waals surface area contributed by atoms with Crippen LogP contribution in [0.5, 0.6) is 5.75 Å². The highest BCUT2D eigenvalue weighted by molar-refractivity contribution is 5.86. The number of amides is 1. The lowest BCUT2D eigenvalue weighted by molar-refractivity contribution is -0.139. The van der Waals surface area contributed by atoms with E-state index in [2.05, 4.69) is 0 Å². The molecule has 6 heteroatoms. The zero-order valence-corrected chi connectivity index (χ0v) is 13.3. The van der Waals surface area contributed by atoms with Crippen LogP contribution < -0.4 is 10.5 Å². The number of carbonyl (C=O) groups excluding carboxylic acids is 1. The van der Waals surface area contributed by atoms with Gasteiger partial charge in [-0.15, -0.1) is 12.4 Å². The number of hydrogen-bond acceptors (Lipinski definition) is 4. The molecule has 1 aromatic rings. The number of ether oxygens (including phenoxy) is 2. The van der Waals surface area contributed by atoms with E-state index in [-0.39, 0.29) is 18.3 Å². The number of nitrogens with two attached hydrogens (primary N) is 1. The maximum Gasteiger partial charge on any atom is 0.242 e. The van der Waals surface area contributed by atoms with Crippen molar-refractivity contribution in [3.8, 4) is 5.75 Å². The molecule has 1 saturated heterocycles. The molecule has 0 bridgehead atoms. The first kappa shape index (κ1) is 17.8. The number of rotatable bonds is 4. The lowest BCUT2D eigenvalue weighted by Gasteiger charge is -2.35. The van der Waals surface area contributed by atoms with Gasteiger partial charge in [-0.05, 0) is 18.9 Å². The lowest BCUT2D eigenvalue weighted by Crippen LogP contribution is -2.57. The van der Waals surface area contributed by atoms with Crippen molar-refractivity contribution in [3.63, 3.8) is 0 Å². The second-order valence-corrected chi connectivity index (χ2v) is 5.24. The molecule has 0 saturated carbocycles. The van der Waals surface area contributed by atoms with E-state index in [0.29, 0.717) is 32.6 Å². The molecule has 1 aliphatic heterocycles. The molecule has 2 N–H and O–H groups in total. The lowest BCUT2D eigenvalue weighted by atomic mass is 9.89. The summed E-state index contributed by atoms with van der Waals surface area (Å²) in [5.41, 5.74) is 6.40. The number of benzene rings is 1. The van der Waals surface area contributed by atoms with Crippen LogP contribution in [-0.2, 0) is 16.1 Å². The summed E-state index contributed by atoms with van der Waals surface area (Å²) in [6, 6.07) is 7.69. The van der Waals surface area contributed by atoms with E-state index in [0.717, 1.165) is 11.3 Å². The van der Waals surface area contributed by atoms with Gasteiger partial charge >= 0.3 is 0 Å². The van der Waals surface area contributed by atoms with Crippen molar-refractivity contribution in [1.29, 1.82) is 0 Å². The Morgan fingerprint density at radius 3 is 2.62 bits per heavy atom. The number of carbonyl (C=O) groups is 1. The van der Waals surface area contributed by atoms with Crippen LogP contribution in [-0.4, -0.2) is 43.7 Å². The summed E-state index contributed by atoms with van der Waals surface area (Å²) in [7, 11) is 3.41. The number of methoxy groups -OCH3 is 1. The average molecular weight is 315 g/mol. The molecular formula is C15H23ClN2O3. The van der Waals surface area contributed by atoms with Gasteiger partial charge in [-0.25, -0.2) is 0 Å². The number of halogens is 1. The topological polar surface area (TPSA) is 64.8 Å². The molecule has 0 aromatic heterocycles. The zero-order chi connectivity index (χ0) is 14.6. The van der Waals surface area contributed by atoms with E-state index in [1.54, 1.807) is 19.1 Å². The van der Waals surface area contributed by atoms with Crippen LogP contribution in [0.2, 0.25) is 0 Å². The summed E-state index contributed by atoms with van der Waals surface area (Å²) in [5, 5.41) is 0. The highest BCUT2D eigenvalue weighted by Crippen LogP contribution is 2.23. The van der Waals surface area contributed by atoms with Crippen LogP contribution in [0.1, 0.15) is 18.4 Å². The predicted molar refractivity (Wildman–Crippen MR) is 83.7 cm³/mol. The normalized spacial score (nSPS) is 16.7. The molecule has 0 radical (unpaired) electrons. The fourth-order valence-electron chi connectivity index (χ4n) is 2.49. The fraction of sp³-hybridized carbons (Fsp3) is 0.533. The highest BCUT2D eigenvalue weighted by atomic mass is 35.5. The summed E-state index contributed by atoms with van der Waals surface area (Å²) in [6.07, 6.45) is 1.14. The van der Waals surface area contributed by atoms with E-state index in [4.69, 9.17) is 15.2 Å². The average Bonchev–Trinajstić information content (AvgIpc) is 2.47. The summed E-state index contributed by atoms with van der Waals surface area (Å²) in [5.74, 6) is 0.747. The van der Waals surface area contributed by atoms with Crippen LogP contribution >= 0.6 is 12.4 Å². The minimum absolute atomic E-state index is 0. The fourth-order valence-corrected chi connectivity index (χ4v) is 2.49. The number of nitrogens with zero attached hydrogens (tertiary/aromatic N) is 1. The first-order valence-electron chi connectivity index (χ1n) is 6.81. The molecule has 0 spiro atoms. The Balaban J connectivity index is 0.00000220. The summed E-state index contributed by atoms with van der Waals surface area (Å²) >= 11 is 0. The monoisotopic (exact) mass is 314 g/mol. The van der Waals surface area contributed by atoms with E-state index < -0.39 is 5.54 Å². The van der Waals surface area contributed by atoms with Gasteiger partial charge in [-0.2, -0.15) is 0 Å². The van der Waals surface area contributed by atoms with Crippen LogP contribution in [0.15, 0.2) is 24.3 Å². The van der Waals surface area contributed by atoms with Gasteiger partial charge in [-0.3, -0.25) is 4.79 Å². The maximum atomic E-state index is 12.5. The Hall–Kier alpha value is -1.30. The second-order valence-electron chi connectivity index (χ2n) is 5.24. The first-order chi connectivity index (χ1) is 9.57. The van der Waals surface area contributed by atoms with Gasteiger partial charge in [0.15, 0.2) is 0 Å². The Labute approximate surface area is 131 Å². The third kappa shape index (κ3) is 4.09. The second kappa shape index (κ2) is 7.64. The van der Waals surface area contributed by atoms with Crippen molar-refractivity contribution in [2.45, 2.75) is 24.9 Å². The van der Waals surface area contributed by atoms with Crippen LogP contribution in [0.3, 0.4) is 0 Å². The SMILES string of the molecule is COc1ccccc1CN(C)C(=O)C1(N)CCOCC1.Cl. The predicted octanol–water partition coefficient (Wildman–Crippen LogP) is 1.58. The quantitative estimate of drug-likeness (QED) is 0.916. The third-order valence-corrected chi connectivity index (χ3v) is 3.76. The Morgan fingerprint density at radius 1 is 1.38 bits per heavy atom. The van der Waals surface area contributed by atoms with Crippen molar-refractivity contribution < 1.29 is 14.3 Å². The number of para-hydroxylation sites is 1. The molecule has 0 aliphatic carbocycles. The molecule has 1 aromatic carbocycles. The van der Waals surface area contributed by atoms with E-state index in [1.807, 2.05) is 24.3 Å². The number of likely N-dealkylation sites (N-methyl/N-ethyl adjacent to an activating group) is 1. The Kier molecular flexibility index (Phi) is 6.45. The van der Waals surface area contributed by atoms with Crippen LogP contribution in [0.4, 0.5) is 0 Å². The maximum absolute atomic E-state index is 12.5. The van der Waals surface area contributed by atoms with Gasteiger partial charge < -0.3 is 20.1 Å². The van der Waals surface area contributed by atoms with Crippen molar-refractivity contribution in [2.75, 3.05) is 27.4 Å². The first-order valence-corrected chi connectivity index (χ1v) is 6.81. The van der Waals surface area contributed by atoms with Crippen molar-refractivity contribution in [2.24, 2.45) is 5.73 Å². The van der Waals surface area contributed by atoms with Crippen molar-refractivity contribution in [1.82, 2.24) is 4.90 Å². The summed E-state index contributed by atoms with van der Waals surface area (Å²) in [6.45, 7) is 1.58. The van der Waals surface area contributed by atoms with Crippen molar-refractivity contribution >= 4 is 18.3 Å². The van der Waals surface area contributed by atoms with Gasteiger partial charge in [0, 0.05) is 32.4 Å². The molecule has 0 atom stereocenters. The summed E-state index contributed by atoms with van der Waals surface area (Å²) < 4.78 is 10.6. The summed E-state index contributed by atoms with van der Waals surface area (Å²) in [4.78, 5) is 14.2. The standard InChI is InChI=1S/C15H22N2O3.ClH/c1-17(11-12-5-3-4-6-13(12)19-2)14(18)15(16)7-9-20-10-8-15;/h3-6H,7-11,16H2,1-2H3;1H. The van der Waals surface area contributed by atoms with Gasteiger partial charge in [0.1, 0.15) is 5.75 Å². The molecule has 118 valence electrons. The minimum Gasteiger partial charge on any atom is -0.496 e. The van der Waals surface area contributed by atoms with Crippen LogP contribution in [0, 0.1) is 0 Å². The molecule has 1 amide bonds. The van der Waals surface area contributed by atoms with Crippen LogP contribution in [0.25, 0.3) is 0 Å². The molecule has 5 nitrogen and oxygen atoms in total. The van der Waals surface area contributed by atoms with Gasteiger partial charge in [0.2, 0.25) is 5.91 Å². The molecule has 21 heavy (non-hydrogen) atoms. The third-order valence-electron chi connectivity index (χ3n) is 3.76. The molecule has 1 aliphatic rings. The van der Waals surface area contributed by atoms with Gasteiger partial charge in [0.05, 0.1) is 12.6 Å². The van der Waals surface area contributed by atoms with E-state index in [1.165, 1.54) is 0 Å². The van der Waals surface area contributed by atoms with Gasteiger partial charge in [0.25, 0.3) is 0 Å². The zero-order valence-electron chi connectivity index (χ0n) is 12.5. The minimum atomic E-state index is -0.797. The molecule has 2 rings (SSSR count). The molecule has 1 fully saturated rings. The number of hydrogen-bond donors (Lipinski definition) is 1. The van der Waals surface area contributed by atoms with E-state index in [9.17, 15) is 4.79 Å². The molecular weight excluding hydrogens is 292 g/mol. The Bertz CT molecular complexity index is 476. The Morgan fingerprint density at radius 2 is 2.00 bits per heavy atom. The van der Waals surface area contributed by atoms with Gasteiger partial charge in [-0.1, -0.05) is 18.2 Å². The van der Waals surface area contributed by atoms with E-state index >= 15 is 0 Å². The largest absolute Gasteiger partial charge is 0.496 e. The highest BCUT2D eigenvalue weighted by Gasteiger charge is 2.37. The molecule has 0 unspecified atom stereocenters. The molecule has 1 heterocycles.